The Morgan fingerprint density at radius 1 is 1.18 bits per heavy atom. The lowest BCUT2D eigenvalue weighted by Crippen LogP contribution is -2.42. The molecule has 1 unspecified atom stereocenters. The summed E-state index contributed by atoms with van der Waals surface area (Å²) < 4.78 is 4.85. The van der Waals surface area contributed by atoms with E-state index in [1.807, 2.05) is 43.0 Å². The van der Waals surface area contributed by atoms with E-state index in [0.29, 0.717) is 29.9 Å². The number of benzene rings is 2. The molecule has 1 N–H and O–H groups in total. The first-order valence-corrected chi connectivity index (χ1v) is 13.1. The second-order valence-electron chi connectivity index (χ2n) is 7.77. The van der Waals surface area contributed by atoms with Crippen LogP contribution in [0.25, 0.3) is 20.7 Å². The Kier molecular flexibility index (Phi) is 6.13. The minimum atomic E-state index is -0.185. The lowest BCUT2D eigenvalue weighted by molar-refractivity contribution is 0.0747. The van der Waals surface area contributed by atoms with E-state index in [1.54, 1.807) is 23.9 Å². The monoisotopic (exact) mass is 495 g/mol. The zero-order valence-electron chi connectivity index (χ0n) is 18.1. The summed E-state index contributed by atoms with van der Waals surface area (Å²) in [5.41, 5.74) is 3.88. The van der Waals surface area contributed by atoms with Crippen molar-refractivity contribution in [3.8, 4) is 10.4 Å². The first-order valence-electron chi connectivity index (χ1n) is 10.5. The predicted molar refractivity (Wildman–Crippen MR) is 134 cm³/mol. The van der Waals surface area contributed by atoms with Gasteiger partial charge in [0.1, 0.15) is 11.2 Å². The number of rotatable bonds is 5. The summed E-state index contributed by atoms with van der Waals surface area (Å²) in [4.78, 5) is 33.5. The second-order valence-corrected chi connectivity index (χ2v) is 11.0. The maximum Gasteiger partial charge on any atom is 0.274 e. The van der Waals surface area contributed by atoms with E-state index < -0.39 is 0 Å². The van der Waals surface area contributed by atoms with Crippen LogP contribution in [0.5, 0.6) is 0 Å². The molecule has 10 heteroatoms. The van der Waals surface area contributed by atoms with Gasteiger partial charge in [0.2, 0.25) is 0 Å². The third-order valence-electron chi connectivity index (χ3n) is 5.41. The number of aryl methyl sites for hydroxylation is 2. The molecule has 168 valence electrons. The van der Waals surface area contributed by atoms with Crippen LogP contribution in [-0.4, -0.2) is 55.5 Å². The molecule has 1 aliphatic heterocycles. The van der Waals surface area contributed by atoms with Gasteiger partial charge in [0.05, 0.1) is 20.0 Å². The number of nitrogens with zero attached hydrogens (tertiary/aromatic N) is 4. The molecule has 0 bridgehead atoms. The van der Waals surface area contributed by atoms with E-state index >= 15 is 0 Å². The molecule has 7 nitrogen and oxygen atoms in total. The highest BCUT2D eigenvalue weighted by Crippen LogP contribution is 2.34. The second kappa shape index (κ2) is 9.20. The van der Waals surface area contributed by atoms with E-state index in [0.717, 1.165) is 31.5 Å². The van der Waals surface area contributed by atoms with Crippen molar-refractivity contribution < 1.29 is 9.59 Å². The summed E-state index contributed by atoms with van der Waals surface area (Å²) in [5, 5.41) is 7.73. The van der Waals surface area contributed by atoms with Gasteiger partial charge in [-0.1, -0.05) is 34.3 Å². The number of fused-ring (bicyclic) bond motifs is 1. The fourth-order valence-electron chi connectivity index (χ4n) is 3.82. The number of nitrogens with one attached hydrogen (secondary N) is 1. The summed E-state index contributed by atoms with van der Waals surface area (Å²) in [6, 6.07) is 13.5. The van der Waals surface area contributed by atoms with E-state index in [1.165, 1.54) is 22.9 Å². The van der Waals surface area contributed by atoms with Crippen LogP contribution in [0.3, 0.4) is 0 Å². The molecule has 1 aliphatic rings. The molecule has 1 saturated heterocycles. The number of aromatic nitrogens is 3. The molecule has 1 atom stereocenters. The summed E-state index contributed by atoms with van der Waals surface area (Å²) in [5.74, 6) is 0.552. The lowest BCUT2D eigenvalue weighted by atomic mass is 10.1. The van der Waals surface area contributed by atoms with Crippen molar-refractivity contribution in [1.82, 2.24) is 24.8 Å². The van der Waals surface area contributed by atoms with E-state index in [2.05, 4.69) is 26.0 Å². The first-order chi connectivity index (χ1) is 16.0. The van der Waals surface area contributed by atoms with Gasteiger partial charge in [-0.25, -0.2) is 4.98 Å². The molecule has 2 aromatic carbocycles. The van der Waals surface area contributed by atoms with Gasteiger partial charge < -0.3 is 10.2 Å². The predicted octanol–water partition coefficient (Wildman–Crippen LogP) is 4.38. The molecular weight excluding hydrogens is 474 g/mol. The quantitative estimate of drug-likeness (QED) is 0.442. The maximum absolute atomic E-state index is 13.5. The van der Waals surface area contributed by atoms with E-state index in [4.69, 9.17) is 0 Å². The molecule has 0 spiro atoms. The molecular formula is C23H21N5O2S3. The Morgan fingerprint density at radius 3 is 2.91 bits per heavy atom. The van der Waals surface area contributed by atoms with Gasteiger partial charge in [0, 0.05) is 24.4 Å². The molecule has 5 rings (SSSR count). The van der Waals surface area contributed by atoms with Gasteiger partial charge in [-0.15, -0.1) is 28.2 Å². The van der Waals surface area contributed by atoms with Crippen LogP contribution in [0.2, 0.25) is 0 Å². The van der Waals surface area contributed by atoms with Crippen LogP contribution >= 0.6 is 34.6 Å². The third-order valence-corrected chi connectivity index (χ3v) is 8.36. The van der Waals surface area contributed by atoms with Crippen molar-refractivity contribution in [1.29, 1.82) is 0 Å². The Hall–Kier alpha value is -2.82. The number of thioether (sulfide) groups is 1. The van der Waals surface area contributed by atoms with E-state index in [-0.39, 0.29) is 17.2 Å². The molecule has 0 radical (unpaired) electrons. The summed E-state index contributed by atoms with van der Waals surface area (Å²) in [6.07, 6.45) is 0. The molecule has 0 aliphatic carbocycles. The van der Waals surface area contributed by atoms with Crippen molar-refractivity contribution >= 4 is 56.7 Å². The summed E-state index contributed by atoms with van der Waals surface area (Å²) in [6.45, 7) is 4.96. The standard InChI is InChI=1S/C23H21N5O2S3/c1-13-4-3-5-15(10-13)21-20(25-14(2)32-21)23(30)28-8-9-31-19(28)12-24-22(29)16-6-7-18-17(11-16)26-27-33-18/h3-7,10-11,19H,8-9,12H2,1-2H3,(H,24,29). The minimum absolute atomic E-state index is 0.0879. The molecule has 2 amide bonds. The Morgan fingerprint density at radius 2 is 2.06 bits per heavy atom. The van der Waals surface area contributed by atoms with Crippen LogP contribution in [-0.2, 0) is 0 Å². The zero-order valence-corrected chi connectivity index (χ0v) is 20.5. The van der Waals surface area contributed by atoms with Gasteiger partial charge in [-0.05, 0) is 49.1 Å². The van der Waals surface area contributed by atoms with Crippen molar-refractivity contribution in [2.45, 2.75) is 19.2 Å². The molecule has 4 aromatic rings. The average molecular weight is 496 g/mol. The van der Waals surface area contributed by atoms with Crippen molar-refractivity contribution in [3.05, 3.63) is 64.3 Å². The van der Waals surface area contributed by atoms with Gasteiger partial charge in [0.15, 0.2) is 0 Å². The Bertz CT molecular complexity index is 1350. The van der Waals surface area contributed by atoms with Crippen LogP contribution in [0, 0.1) is 13.8 Å². The topological polar surface area (TPSA) is 88.1 Å². The average Bonchev–Trinajstić information content (AvgIpc) is 3.55. The maximum atomic E-state index is 13.5. The fourth-order valence-corrected chi connectivity index (χ4v) is 6.42. The van der Waals surface area contributed by atoms with Crippen LogP contribution in [0.15, 0.2) is 42.5 Å². The van der Waals surface area contributed by atoms with Crippen LogP contribution < -0.4 is 5.32 Å². The number of hydrogen-bond donors (Lipinski definition) is 1. The molecule has 3 heterocycles. The zero-order chi connectivity index (χ0) is 22.9. The van der Waals surface area contributed by atoms with Crippen LogP contribution in [0.4, 0.5) is 0 Å². The summed E-state index contributed by atoms with van der Waals surface area (Å²) in [7, 11) is 0. The highest BCUT2D eigenvalue weighted by Gasteiger charge is 2.33. The minimum Gasteiger partial charge on any atom is -0.349 e. The molecule has 33 heavy (non-hydrogen) atoms. The van der Waals surface area contributed by atoms with Crippen molar-refractivity contribution in [3.63, 3.8) is 0 Å². The molecule has 1 fully saturated rings. The van der Waals surface area contributed by atoms with Gasteiger partial charge in [-0.2, -0.15) is 0 Å². The van der Waals surface area contributed by atoms with Crippen molar-refractivity contribution in [2.75, 3.05) is 18.8 Å². The van der Waals surface area contributed by atoms with Gasteiger partial charge >= 0.3 is 0 Å². The Labute approximate surface area is 203 Å². The first kappa shape index (κ1) is 22.0. The lowest BCUT2D eigenvalue weighted by Gasteiger charge is -2.24. The SMILES string of the molecule is Cc1cccc(-c2sc(C)nc2C(=O)N2CCSC2CNC(=O)c2ccc3snnc3c2)c1. The molecule has 0 saturated carbocycles. The molecule has 2 aromatic heterocycles. The van der Waals surface area contributed by atoms with Gasteiger partial charge in [-0.3, -0.25) is 9.59 Å². The van der Waals surface area contributed by atoms with Gasteiger partial charge in [0.25, 0.3) is 11.8 Å². The summed E-state index contributed by atoms with van der Waals surface area (Å²) >= 11 is 4.51. The smallest absolute Gasteiger partial charge is 0.274 e. The van der Waals surface area contributed by atoms with E-state index in [9.17, 15) is 9.59 Å². The number of hydrogen-bond acceptors (Lipinski definition) is 8. The highest BCUT2D eigenvalue weighted by molar-refractivity contribution is 8.00. The highest BCUT2D eigenvalue weighted by atomic mass is 32.2. The van der Waals surface area contributed by atoms with Crippen molar-refractivity contribution in [2.24, 2.45) is 0 Å². The number of carbonyl (C=O) groups excluding carboxylic acids is 2. The van der Waals surface area contributed by atoms with Crippen LogP contribution in [0.1, 0.15) is 31.4 Å². The Balaban J connectivity index is 1.31. The third kappa shape index (κ3) is 4.50. The number of carbonyl (C=O) groups is 2. The largest absolute Gasteiger partial charge is 0.349 e. The fraction of sp³-hybridized carbons (Fsp3) is 0.261. The normalized spacial score (nSPS) is 15.8. The number of thiazole rings is 1. The number of amides is 2.